The van der Waals surface area contributed by atoms with Gasteiger partial charge in [0.15, 0.2) is 0 Å². The van der Waals surface area contributed by atoms with Crippen molar-refractivity contribution in [2.75, 3.05) is 31.2 Å². The molecule has 1 unspecified atom stereocenters. The molecule has 1 aromatic rings. The molecule has 2 rings (SSSR count). The summed E-state index contributed by atoms with van der Waals surface area (Å²) in [5.74, 6) is -0.0289. The van der Waals surface area contributed by atoms with E-state index in [1.54, 1.807) is 0 Å². The topological polar surface area (TPSA) is 36.3 Å². The van der Waals surface area contributed by atoms with Crippen molar-refractivity contribution in [2.24, 2.45) is 0 Å². The lowest BCUT2D eigenvalue weighted by Gasteiger charge is -2.29. The Morgan fingerprint density at radius 1 is 1.25 bits per heavy atom. The zero-order valence-electron chi connectivity index (χ0n) is 9.52. The van der Waals surface area contributed by atoms with Gasteiger partial charge in [-0.3, -0.25) is 0 Å². The second-order valence-corrected chi connectivity index (χ2v) is 4.04. The molecule has 3 heteroatoms. The van der Waals surface area contributed by atoms with Gasteiger partial charge in [-0.1, -0.05) is 12.1 Å². The molecule has 1 aromatic carbocycles. The van der Waals surface area contributed by atoms with Crippen LogP contribution in [0.2, 0.25) is 0 Å². The fraction of sp³-hybridized carbons (Fsp3) is 0.462. The van der Waals surface area contributed by atoms with E-state index in [9.17, 15) is 0 Å². The second kappa shape index (κ2) is 5.00. The average molecular weight is 216 g/mol. The summed E-state index contributed by atoms with van der Waals surface area (Å²) in [4.78, 5) is 2.31. The molecule has 0 amide bonds. The van der Waals surface area contributed by atoms with E-state index in [1.807, 2.05) is 19.1 Å². The molecule has 0 radical (unpaired) electrons. The molecule has 0 N–H and O–H groups in total. The summed E-state index contributed by atoms with van der Waals surface area (Å²) in [6, 6.07) is 10.5. The van der Waals surface area contributed by atoms with Crippen LogP contribution >= 0.6 is 0 Å². The summed E-state index contributed by atoms with van der Waals surface area (Å²) < 4.78 is 5.32. The zero-order valence-corrected chi connectivity index (χ0v) is 9.52. The number of anilines is 1. The molecular formula is C13H16N2O. The van der Waals surface area contributed by atoms with Gasteiger partial charge in [0.2, 0.25) is 0 Å². The standard InChI is InChI=1S/C13H16N2O/c1-11(10-14)12-2-4-13(5-3-12)15-6-8-16-9-7-15/h2-5,11H,6-9H2,1H3. The number of nitriles is 1. The summed E-state index contributed by atoms with van der Waals surface area (Å²) in [5.41, 5.74) is 2.30. The van der Waals surface area contributed by atoms with Crippen LogP contribution in [-0.2, 0) is 4.74 Å². The van der Waals surface area contributed by atoms with E-state index in [0.29, 0.717) is 0 Å². The van der Waals surface area contributed by atoms with Crippen LogP contribution in [0.15, 0.2) is 24.3 Å². The van der Waals surface area contributed by atoms with Crippen molar-refractivity contribution in [1.82, 2.24) is 0 Å². The Morgan fingerprint density at radius 2 is 1.88 bits per heavy atom. The van der Waals surface area contributed by atoms with E-state index < -0.39 is 0 Å². The molecule has 84 valence electrons. The molecule has 0 bridgehead atoms. The highest BCUT2D eigenvalue weighted by Crippen LogP contribution is 2.20. The summed E-state index contributed by atoms with van der Waals surface area (Å²) >= 11 is 0. The second-order valence-electron chi connectivity index (χ2n) is 4.04. The molecule has 0 spiro atoms. The van der Waals surface area contributed by atoms with Crippen molar-refractivity contribution in [3.05, 3.63) is 29.8 Å². The smallest absolute Gasteiger partial charge is 0.0700 e. The number of benzene rings is 1. The summed E-state index contributed by atoms with van der Waals surface area (Å²) in [7, 11) is 0. The van der Waals surface area contributed by atoms with Crippen molar-refractivity contribution >= 4 is 5.69 Å². The maximum Gasteiger partial charge on any atom is 0.0700 e. The molecule has 1 fully saturated rings. The first kappa shape index (κ1) is 11.0. The Hall–Kier alpha value is -1.53. The van der Waals surface area contributed by atoms with Gasteiger partial charge in [-0.2, -0.15) is 5.26 Å². The van der Waals surface area contributed by atoms with Crippen molar-refractivity contribution in [2.45, 2.75) is 12.8 Å². The lowest BCUT2D eigenvalue weighted by molar-refractivity contribution is 0.122. The van der Waals surface area contributed by atoms with E-state index in [1.165, 1.54) is 5.69 Å². The quantitative estimate of drug-likeness (QED) is 0.760. The van der Waals surface area contributed by atoms with E-state index in [-0.39, 0.29) is 5.92 Å². The van der Waals surface area contributed by atoms with Gasteiger partial charge >= 0.3 is 0 Å². The third kappa shape index (κ3) is 2.34. The molecule has 16 heavy (non-hydrogen) atoms. The first-order valence-corrected chi connectivity index (χ1v) is 5.63. The number of hydrogen-bond donors (Lipinski definition) is 0. The molecule has 0 aliphatic carbocycles. The Labute approximate surface area is 96.2 Å². The molecule has 1 aliphatic heterocycles. The van der Waals surface area contributed by atoms with Crippen LogP contribution < -0.4 is 4.90 Å². The van der Waals surface area contributed by atoms with Gasteiger partial charge in [-0.25, -0.2) is 0 Å². The minimum Gasteiger partial charge on any atom is -0.378 e. The summed E-state index contributed by atoms with van der Waals surface area (Å²) in [6.45, 7) is 5.43. The maximum absolute atomic E-state index is 8.83. The van der Waals surface area contributed by atoms with Crippen LogP contribution in [0.5, 0.6) is 0 Å². The number of nitrogens with zero attached hydrogens (tertiary/aromatic N) is 2. The summed E-state index contributed by atoms with van der Waals surface area (Å²) in [6.07, 6.45) is 0. The summed E-state index contributed by atoms with van der Waals surface area (Å²) in [5, 5.41) is 8.83. The highest BCUT2D eigenvalue weighted by molar-refractivity contribution is 5.48. The normalized spacial score (nSPS) is 17.9. The lowest BCUT2D eigenvalue weighted by Crippen LogP contribution is -2.36. The highest BCUT2D eigenvalue weighted by atomic mass is 16.5. The van der Waals surface area contributed by atoms with Crippen LogP contribution in [0.25, 0.3) is 0 Å². The van der Waals surface area contributed by atoms with Crippen LogP contribution in [-0.4, -0.2) is 26.3 Å². The van der Waals surface area contributed by atoms with Crippen LogP contribution in [0, 0.1) is 11.3 Å². The van der Waals surface area contributed by atoms with Gasteiger partial charge < -0.3 is 9.64 Å². The predicted octanol–water partition coefficient (Wildman–Crippen LogP) is 2.15. The molecule has 1 aliphatic rings. The van der Waals surface area contributed by atoms with E-state index in [4.69, 9.17) is 10.00 Å². The first-order chi connectivity index (χ1) is 7.81. The Balaban J connectivity index is 2.09. The number of morpholine rings is 1. The third-order valence-corrected chi connectivity index (χ3v) is 2.96. The fourth-order valence-electron chi connectivity index (χ4n) is 1.87. The van der Waals surface area contributed by atoms with Gasteiger partial charge in [0, 0.05) is 18.8 Å². The van der Waals surface area contributed by atoms with Crippen LogP contribution in [0.1, 0.15) is 18.4 Å². The predicted molar refractivity (Wildman–Crippen MR) is 63.5 cm³/mol. The molecule has 1 atom stereocenters. The first-order valence-electron chi connectivity index (χ1n) is 5.63. The SMILES string of the molecule is CC(C#N)c1ccc(N2CCOCC2)cc1. The monoisotopic (exact) mass is 216 g/mol. The van der Waals surface area contributed by atoms with Crippen molar-refractivity contribution in [3.63, 3.8) is 0 Å². The Bertz CT molecular complexity index is 374. The molecule has 3 nitrogen and oxygen atoms in total. The fourth-order valence-corrected chi connectivity index (χ4v) is 1.87. The van der Waals surface area contributed by atoms with Crippen LogP contribution in [0.3, 0.4) is 0 Å². The van der Waals surface area contributed by atoms with Crippen LogP contribution in [0.4, 0.5) is 5.69 Å². The molecular weight excluding hydrogens is 200 g/mol. The highest BCUT2D eigenvalue weighted by Gasteiger charge is 2.11. The van der Waals surface area contributed by atoms with Gasteiger partial charge in [0.1, 0.15) is 0 Å². The average Bonchev–Trinajstić information content (AvgIpc) is 2.39. The lowest BCUT2D eigenvalue weighted by atomic mass is 10.0. The number of ether oxygens (including phenoxy) is 1. The van der Waals surface area contributed by atoms with Gasteiger partial charge in [0.25, 0.3) is 0 Å². The van der Waals surface area contributed by atoms with E-state index in [0.717, 1.165) is 31.9 Å². The van der Waals surface area contributed by atoms with Crippen molar-refractivity contribution in [3.8, 4) is 6.07 Å². The maximum atomic E-state index is 8.83. The Morgan fingerprint density at radius 3 is 2.44 bits per heavy atom. The van der Waals surface area contributed by atoms with Gasteiger partial charge in [0.05, 0.1) is 25.2 Å². The van der Waals surface area contributed by atoms with Crippen molar-refractivity contribution in [1.29, 1.82) is 5.26 Å². The van der Waals surface area contributed by atoms with Crippen molar-refractivity contribution < 1.29 is 4.74 Å². The molecule has 0 aromatic heterocycles. The minimum atomic E-state index is -0.0289. The molecule has 0 saturated carbocycles. The van der Waals surface area contributed by atoms with Gasteiger partial charge in [-0.15, -0.1) is 0 Å². The minimum absolute atomic E-state index is 0.0289. The van der Waals surface area contributed by atoms with Gasteiger partial charge in [-0.05, 0) is 24.6 Å². The van der Waals surface area contributed by atoms with E-state index >= 15 is 0 Å². The molecule has 1 heterocycles. The molecule has 1 saturated heterocycles. The largest absolute Gasteiger partial charge is 0.378 e. The number of rotatable bonds is 2. The third-order valence-electron chi connectivity index (χ3n) is 2.96. The Kier molecular flexibility index (Phi) is 3.43. The number of hydrogen-bond acceptors (Lipinski definition) is 3. The van der Waals surface area contributed by atoms with E-state index in [2.05, 4.69) is 23.1 Å². The zero-order chi connectivity index (χ0) is 11.4.